The van der Waals surface area contributed by atoms with Gasteiger partial charge in [0.25, 0.3) is 5.91 Å². The molecule has 0 saturated carbocycles. The van der Waals surface area contributed by atoms with E-state index in [9.17, 15) is 14.4 Å². The lowest BCUT2D eigenvalue weighted by Crippen LogP contribution is -2.56. The van der Waals surface area contributed by atoms with Gasteiger partial charge in [-0.25, -0.2) is 0 Å². The summed E-state index contributed by atoms with van der Waals surface area (Å²) in [5.74, 6) is -0.805. The van der Waals surface area contributed by atoms with Crippen LogP contribution in [0.15, 0.2) is 48.5 Å². The topological polar surface area (TPSA) is 104 Å². The maximum atomic E-state index is 13.4. The van der Waals surface area contributed by atoms with Crippen LogP contribution in [0.25, 0.3) is 10.9 Å². The van der Waals surface area contributed by atoms with Gasteiger partial charge < -0.3 is 25.3 Å². The van der Waals surface area contributed by atoms with Gasteiger partial charge in [0.15, 0.2) is 0 Å². The lowest BCUT2D eigenvalue weighted by atomic mass is 9.90. The van der Waals surface area contributed by atoms with Gasteiger partial charge in [0.05, 0.1) is 12.6 Å². The number of methoxy groups -OCH3 is 1. The highest BCUT2D eigenvalue weighted by molar-refractivity contribution is 6.04. The third kappa shape index (κ3) is 3.47. The molecule has 5 rings (SSSR count). The van der Waals surface area contributed by atoms with Gasteiger partial charge in [0.1, 0.15) is 12.1 Å². The predicted octanol–water partition coefficient (Wildman–Crippen LogP) is 1.91. The Labute approximate surface area is 191 Å². The maximum Gasteiger partial charge on any atom is 0.255 e. The number of rotatable bonds is 6. The fourth-order valence-electron chi connectivity index (χ4n) is 4.94. The van der Waals surface area contributed by atoms with E-state index in [1.807, 2.05) is 42.5 Å². The number of aromatic nitrogens is 1. The van der Waals surface area contributed by atoms with Crippen molar-refractivity contribution in [3.05, 3.63) is 70.9 Å². The summed E-state index contributed by atoms with van der Waals surface area (Å²) in [6.45, 7) is 2.39. The molecule has 0 bridgehead atoms. The number of aromatic amines is 1. The van der Waals surface area contributed by atoms with Crippen molar-refractivity contribution in [3.8, 4) is 0 Å². The second-order valence-electron chi connectivity index (χ2n) is 8.50. The molecular weight excluding hydrogens is 420 g/mol. The fourth-order valence-corrected chi connectivity index (χ4v) is 4.94. The van der Waals surface area contributed by atoms with E-state index in [-0.39, 0.29) is 23.8 Å². The summed E-state index contributed by atoms with van der Waals surface area (Å²) < 4.78 is 4.95. The van der Waals surface area contributed by atoms with Gasteiger partial charge in [0.2, 0.25) is 11.8 Å². The molecule has 33 heavy (non-hydrogen) atoms. The molecule has 3 aromatic rings. The SMILES string of the molecule is COCCNC(=O)[C@H](C)NC(=O)[C@@H]1Cc2c([nH]c3ccccc23)[C@H]2c3ccccc3C(=O)N21. The number of para-hydroxylation sites is 1. The summed E-state index contributed by atoms with van der Waals surface area (Å²) >= 11 is 0. The summed E-state index contributed by atoms with van der Waals surface area (Å²) in [4.78, 5) is 44.4. The number of benzene rings is 2. The van der Waals surface area contributed by atoms with E-state index in [4.69, 9.17) is 4.74 Å². The monoisotopic (exact) mass is 446 g/mol. The molecule has 8 heteroatoms. The van der Waals surface area contributed by atoms with Gasteiger partial charge in [0, 0.05) is 42.2 Å². The largest absolute Gasteiger partial charge is 0.383 e. The number of ether oxygens (including phenoxy) is 1. The number of fused-ring (bicyclic) bond motifs is 7. The van der Waals surface area contributed by atoms with Crippen LogP contribution < -0.4 is 10.6 Å². The fraction of sp³-hybridized carbons (Fsp3) is 0.320. The minimum atomic E-state index is -0.739. The van der Waals surface area contributed by atoms with E-state index in [2.05, 4.69) is 15.6 Å². The van der Waals surface area contributed by atoms with Crippen molar-refractivity contribution in [3.63, 3.8) is 0 Å². The first-order chi connectivity index (χ1) is 16.0. The van der Waals surface area contributed by atoms with E-state index < -0.39 is 12.1 Å². The average Bonchev–Trinajstić information content (AvgIpc) is 3.34. The van der Waals surface area contributed by atoms with Crippen molar-refractivity contribution in [1.29, 1.82) is 0 Å². The highest BCUT2D eigenvalue weighted by Gasteiger charge is 2.49. The third-order valence-corrected chi connectivity index (χ3v) is 6.51. The van der Waals surface area contributed by atoms with Crippen molar-refractivity contribution in [2.24, 2.45) is 0 Å². The van der Waals surface area contributed by atoms with E-state index in [0.717, 1.165) is 27.7 Å². The van der Waals surface area contributed by atoms with Crippen LogP contribution in [-0.4, -0.2) is 60.0 Å². The van der Waals surface area contributed by atoms with Crippen molar-refractivity contribution in [2.45, 2.75) is 31.5 Å². The Hall–Kier alpha value is -3.65. The minimum Gasteiger partial charge on any atom is -0.383 e. The standard InChI is InChI=1S/C25H26N4O4/c1-14(23(30)26-11-12-33-2)27-24(31)20-13-18-15-7-5-6-10-19(15)28-21(18)22-16-8-3-4-9-17(16)25(32)29(20)22/h3-10,14,20,22,28H,11-13H2,1-2H3,(H,26,30)(H,27,31)/t14-,20-,22+/m0/s1. The minimum absolute atomic E-state index is 0.169. The van der Waals surface area contributed by atoms with Crippen LogP contribution in [0.2, 0.25) is 0 Å². The first-order valence-corrected chi connectivity index (χ1v) is 11.1. The van der Waals surface area contributed by atoms with E-state index in [1.54, 1.807) is 25.0 Å². The van der Waals surface area contributed by atoms with Crippen LogP contribution in [0.3, 0.4) is 0 Å². The second-order valence-corrected chi connectivity index (χ2v) is 8.50. The van der Waals surface area contributed by atoms with E-state index >= 15 is 0 Å². The molecule has 170 valence electrons. The number of nitrogens with one attached hydrogen (secondary N) is 3. The molecule has 2 aromatic carbocycles. The highest BCUT2D eigenvalue weighted by Crippen LogP contribution is 2.46. The summed E-state index contributed by atoms with van der Waals surface area (Å²) in [5, 5.41) is 6.59. The molecular formula is C25H26N4O4. The summed E-state index contributed by atoms with van der Waals surface area (Å²) in [6.07, 6.45) is 0.374. The molecule has 8 nitrogen and oxygen atoms in total. The zero-order valence-electron chi connectivity index (χ0n) is 18.6. The van der Waals surface area contributed by atoms with Crippen LogP contribution in [0, 0.1) is 0 Å². The van der Waals surface area contributed by atoms with Crippen LogP contribution in [0.1, 0.15) is 40.1 Å². The molecule has 0 spiro atoms. The predicted molar refractivity (Wildman–Crippen MR) is 123 cm³/mol. The number of nitrogens with zero attached hydrogens (tertiary/aromatic N) is 1. The van der Waals surface area contributed by atoms with Crippen LogP contribution >= 0.6 is 0 Å². The van der Waals surface area contributed by atoms with Crippen molar-refractivity contribution < 1.29 is 19.1 Å². The van der Waals surface area contributed by atoms with E-state index in [1.165, 1.54) is 0 Å². The number of amides is 3. The molecule has 1 aromatic heterocycles. The van der Waals surface area contributed by atoms with Crippen molar-refractivity contribution >= 4 is 28.6 Å². The van der Waals surface area contributed by atoms with Crippen molar-refractivity contribution in [2.75, 3.05) is 20.3 Å². The van der Waals surface area contributed by atoms with Gasteiger partial charge in [-0.15, -0.1) is 0 Å². The number of carbonyl (C=O) groups is 3. The molecule has 2 aliphatic rings. The Kier molecular flexibility index (Phi) is 5.38. The molecule has 0 aliphatic carbocycles. The van der Waals surface area contributed by atoms with Gasteiger partial charge in [-0.2, -0.15) is 0 Å². The molecule has 0 radical (unpaired) electrons. The molecule has 0 unspecified atom stereocenters. The normalized spacial score (nSPS) is 19.6. The Morgan fingerprint density at radius 3 is 2.76 bits per heavy atom. The second kappa shape index (κ2) is 8.37. The Morgan fingerprint density at radius 1 is 1.18 bits per heavy atom. The molecule has 3 heterocycles. The molecule has 2 aliphatic heterocycles. The number of hydrogen-bond donors (Lipinski definition) is 3. The number of carbonyl (C=O) groups excluding carboxylic acids is 3. The highest BCUT2D eigenvalue weighted by atomic mass is 16.5. The molecule has 3 N–H and O–H groups in total. The number of H-pyrrole nitrogens is 1. The van der Waals surface area contributed by atoms with Crippen LogP contribution in [0.5, 0.6) is 0 Å². The van der Waals surface area contributed by atoms with Crippen molar-refractivity contribution in [1.82, 2.24) is 20.5 Å². The molecule has 0 saturated heterocycles. The lowest BCUT2D eigenvalue weighted by molar-refractivity contribution is -0.131. The lowest BCUT2D eigenvalue weighted by Gasteiger charge is -2.37. The maximum absolute atomic E-state index is 13.4. The number of hydrogen-bond acceptors (Lipinski definition) is 4. The summed E-state index contributed by atoms with van der Waals surface area (Å²) in [7, 11) is 1.56. The van der Waals surface area contributed by atoms with Gasteiger partial charge in [-0.3, -0.25) is 14.4 Å². The molecule has 0 fully saturated rings. The van der Waals surface area contributed by atoms with Gasteiger partial charge >= 0.3 is 0 Å². The summed E-state index contributed by atoms with van der Waals surface area (Å²) in [5.41, 5.74) is 4.46. The van der Waals surface area contributed by atoms with Gasteiger partial charge in [-0.1, -0.05) is 36.4 Å². The first-order valence-electron chi connectivity index (χ1n) is 11.1. The molecule has 3 atom stereocenters. The first kappa shape index (κ1) is 21.2. The summed E-state index contributed by atoms with van der Waals surface area (Å²) in [6, 6.07) is 13.6. The zero-order chi connectivity index (χ0) is 23.1. The zero-order valence-corrected chi connectivity index (χ0v) is 18.6. The quantitative estimate of drug-likeness (QED) is 0.503. The van der Waals surface area contributed by atoms with Gasteiger partial charge in [-0.05, 0) is 30.2 Å². The molecule has 3 amide bonds. The van der Waals surface area contributed by atoms with E-state index in [0.29, 0.717) is 25.1 Å². The Balaban J connectivity index is 1.50. The smallest absolute Gasteiger partial charge is 0.255 e. The van der Waals surface area contributed by atoms with Crippen LogP contribution in [0.4, 0.5) is 0 Å². The van der Waals surface area contributed by atoms with Crippen LogP contribution in [-0.2, 0) is 20.7 Å². The Morgan fingerprint density at radius 2 is 1.94 bits per heavy atom. The Bertz CT molecular complexity index is 1250. The third-order valence-electron chi connectivity index (χ3n) is 6.51. The average molecular weight is 447 g/mol.